The highest BCUT2D eigenvalue weighted by atomic mass is 16.3. The molecule has 0 radical (unpaired) electrons. The molecule has 0 spiro atoms. The van der Waals surface area contributed by atoms with Gasteiger partial charge < -0.3 is 20.7 Å². The van der Waals surface area contributed by atoms with Crippen LogP contribution in [-0.4, -0.2) is 42.2 Å². The molecule has 0 saturated heterocycles. The summed E-state index contributed by atoms with van der Waals surface area (Å²) in [5.74, 6) is 1.21. The number of aromatic amines is 1. The number of hydrogen-bond donors (Lipinski definition) is 4. The first kappa shape index (κ1) is 16.9. The quantitative estimate of drug-likeness (QED) is 0.433. The largest absolute Gasteiger partial charge is 0.393 e. The molecule has 0 unspecified atom stereocenters. The highest BCUT2D eigenvalue weighted by molar-refractivity contribution is 5.89. The van der Waals surface area contributed by atoms with Gasteiger partial charge in [0, 0.05) is 28.8 Å². The molecule has 8 heteroatoms. The van der Waals surface area contributed by atoms with Gasteiger partial charge in [0.05, 0.1) is 12.3 Å². The zero-order valence-corrected chi connectivity index (χ0v) is 15.3. The molecule has 0 amide bonds. The number of fused-ring (bicyclic) bond motifs is 2. The number of aromatic nitrogens is 5. The summed E-state index contributed by atoms with van der Waals surface area (Å²) in [4.78, 5) is 20.9. The van der Waals surface area contributed by atoms with Crippen LogP contribution in [0.25, 0.3) is 21.9 Å². The lowest BCUT2D eigenvalue weighted by Crippen LogP contribution is -2.28. The van der Waals surface area contributed by atoms with E-state index in [0.29, 0.717) is 22.8 Å². The van der Waals surface area contributed by atoms with Crippen molar-refractivity contribution in [2.24, 2.45) is 0 Å². The van der Waals surface area contributed by atoms with Gasteiger partial charge in [-0.2, -0.15) is 0 Å². The van der Waals surface area contributed by atoms with Crippen LogP contribution in [0.2, 0.25) is 0 Å². The van der Waals surface area contributed by atoms with Crippen molar-refractivity contribution in [2.75, 3.05) is 10.6 Å². The van der Waals surface area contributed by atoms with Gasteiger partial charge in [0.1, 0.15) is 17.4 Å². The Balaban J connectivity index is 1.43. The van der Waals surface area contributed by atoms with E-state index in [9.17, 15) is 5.11 Å². The first-order chi connectivity index (χ1) is 13.7. The minimum absolute atomic E-state index is 0.183. The Bertz CT molecular complexity index is 1120. The molecule has 1 fully saturated rings. The minimum Gasteiger partial charge on any atom is -0.393 e. The molecule has 3 aromatic heterocycles. The van der Waals surface area contributed by atoms with E-state index in [1.807, 2.05) is 24.4 Å². The number of H-pyrrole nitrogens is 1. The molecule has 1 aliphatic carbocycles. The molecule has 8 nitrogen and oxygen atoms in total. The number of hydrogen-bond acceptors (Lipinski definition) is 7. The average Bonchev–Trinajstić information content (AvgIpc) is 3.18. The third-order valence-corrected chi connectivity index (χ3v) is 5.22. The summed E-state index contributed by atoms with van der Waals surface area (Å²) in [6, 6.07) is 8.40. The van der Waals surface area contributed by atoms with Crippen LogP contribution < -0.4 is 10.6 Å². The number of nitrogens with zero attached hydrogens (tertiary/aromatic N) is 4. The number of rotatable bonds is 4. The van der Waals surface area contributed by atoms with Crippen LogP contribution in [0.3, 0.4) is 0 Å². The smallest absolute Gasteiger partial charge is 0.223 e. The van der Waals surface area contributed by atoms with E-state index in [2.05, 4.69) is 41.6 Å². The van der Waals surface area contributed by atoms with E-state index in [1.165, 1.54) is 6.33 Å². The number of benzene rings is 1. The Hall–Kier alpha value is -3.26. The lowest BCUT2D eigenvalue weighted by atomic mass is 9.93. The van der Waals surface area contributed by atoms with Crippen LogP contribution in [0, 0.1) is 0 Å². The zero-order chi connectivity index (χ0) is 18.9. The van der Waals surface area contributed by atoms with Gasteiger partial charge in [0.2, 0.25) is 5.95 Å². The van der Waals surface area contributed by atoms with Crippen molar-refractivity contribution in [3.63, 3.8) is 0 Å². The van der Waals surface area contributed by atoms with E-state index in [-0.39, 0.29) is 12.1 Å². The average molecular weight is 375 g/mol. The second-order valence-corrected chi connectivity index (χ2v) is 7.20. The molecule has 1 saturated carbocycles. The van der Waals surface area contributed by atoms with Crippen molar-refractivity contribution in [3.8, 4) is 0 Å². The van der Waals surface area contributed by atoms with Crippen LogP contribution in [0.4, 0.5) is 17.5 Å². The fourth-order valence-corrected chi connectivity index (χ4v) is 3.69. The van der Waals surface area contributed by atoms with Gasteiger partial charge in [-0.3, -0.25) is 0 Å². The molecule has 0 aliphatic heterocycles. The number of anilines is 3. The third-order valence-electron chi connectivity index (χ3n) is 5.22. The van der Waals surface area contributed by atoms with Gasteiger partial charge in [0.25, 0.3) is 0 Å². The lowest BCUT2D eigenvalue weighted by Gasteiger charge is -2.26. The van der Waals surface area contributed by atoms with Crippen molar-refractivity contribution < 1.29 is 5.11 Å². The van der Waals surface area contributed by atoms with Gasteiger partial charge in [-0.15, -0.1) is 0 Å². The summed E-state index contributed by atoms with van der Waals surface area (Å²) in [7, 11) is 0. The topological polar surface area (TPSA) is 112 Å². The zero-order valence-electron chi connectivity index (χ0n) is 15.3. The van der Waals surface area contributed by atoms with Crippen LogP contribution in [0.5, 0.6) is 0 Å². The lowest BCUT2D eigenvalue weighted by molar-refractivity contribution is 0.126. The highest BCUT2D eigenvalue weighted by Gasteiger charge is 2.20. The molecule has 4 aromatic rings. The summed E-state index contributed by atoms with van der Waals surface area (Å²) in [5, 5.41) is 17.5. The molecule has 1 aromatic carbocycles. The number of aliphatic hydroxyl groups excluding tert-OH is 1. The Kier molecular flexibility index (Phi) is 4.25. The Morgan fingerprint density at radius 2 is 1.93 bits per heavy atom. The first-order valence-corrected chi connectivity index (χ1v) is 9.51. The summed E-state index contributed by atoms with van der Waals surface area (Å²) < 4.78 is 0. The van der Waals surface area contributed by atoms with E-state index < -0.39 is 0 Å². The summed E-state index contributed by atoms with van der Waals surface area (Å²) in [5.41, 5.74) is 3.38. The molecule has 4 N–H and O–H groups in total. The Morgan fingerprint density at radius 3 is 2.82 bits per heavy atom. The van der Waals surface area contributed by atoms with Crippen LogP contribution in [0.1, 0.15) is 25.7 Å². The standard InChI is InChI=1S/C20H21N7O/c28-15-4-1-13(2-5-15)26-20-22-10-17-18(27-20)19(24-11-23-17)25-14-3-6-16-12(9-14)7-8-21-16/h3,6-11,13,15,21,28H,1-2,4-5H2,(H,22,26,27)(H,23,24,25). The highest BCUT2D eigenvalue weighted by Crippen LogP contribution is 2.26. The minimum atomic E-state index is -0.183. The van der Waals surface area contributed by atoms with Gasteiger partial charge in [0.15, 0.2) is 5.82 Å². The molecule has 1 aliphatic rings. The van der Waals surface area contributed by atoms with Crippen LogP contribution in [0.15, 0.2) is 43.0 Å². The maximum atomic E-state index is 9.68. The second kappa shape index (κ2) is 7.05. The molecule has 0 atom stereocenters. The van der Waals surface area contributed by atoms with E-state index in [0.717, 1.165) is 42.3 Å². The van der Waals surface area contributed by atoms with Gasteiger partial charge in [-0.25, -0.2) is 19.9 Å². The summed E-state index contributed by atoms with van der Waals surface area (Å²) in [6.45, 7) is 0. The van der Waals surface area contributed by atoms with Gasteiger partial charge >= 0.3 is 0 Å². The van der Waals surface area contributed by atoms with E-state index >= 15 is 0 Å². The monoisotopic (exact) mass is 375 g/mol. The van der Waals surface area contributed by atoms with Crippen molar-refractivity contribution in [3.05, 3.63) is 43.0 Å². The molecular weight excluding hydrogens is 354 g/mol. The van der Waals surface area contributed by atoms with E-state index in [4.69, 9.17) is 0 Å². The molecule has 5 rings (SSSR count). The maximum absolute atomic E-state index is 9.68. The van der Waals surface area contributed by atoms with Crippen molar-refractivity contribution >= 4 is 39.4 Å². The normalized spacial score (nSPS) is 19.8. The SMILES string of the molecule is OC1CCC(Nc2ncc3ncnc(Nc4ccc5[nH]ccc5c4)c3n2)CC1. The predicted octanol–water partition coefficient (Wildman–Crippen LogP) is 3.36. The van der Waals surface area contributed by atoms with Crippen LogP contribution >= 0.6 is 0 Å². The van der Waals surface area contributed by atoms with Crippen molar-refractivity contribution in [2.45, 2.75) is 37.8 Å². The molecule has 3 heterocycles. The van der Waals surface area contributed by atoms with Crippen molar-refractivity contribution in [1.29, 1.82) is 0 Å². The van der Waals surface area contributed by atoms with E-state index in [1.54, 1.807) is 6.20 Å². The third kappa shape index (κ3) is 3.34. The maximum Gasteiger partial charge on any atom is 0.223 e. The molecule has 0 bridgehead atoms. The Morgan fingerprint density at radius 1 is 1.04 bits per heavy atom. The van der Waals surface area contributed by atoms with Gasteiger partial charge in [-0.05, 0) is 49.9 Å². The first-order valence-electron chi connectivity index (χ1n) is 9.51. The predicted molar refractivity (Wildman–Crippen MR) is 109 cm³/mol. The number of aliphatic hydroxyl groups is 1. The van der Waals surface area contributed by atoms with Gasteiger partial charge in [-0.1, -0.05) is 0 Å². The second-order valence-electron chi connectivity index (χ2n) is 7.20. The molecule has 142 valence electrons. The fraction of sp³-hybridized carbons (Fsp3) is 0.300. The summed E-state index contributed by atoms with van der Waals surface area (Å²) in [6.07, 6.45) is 8.40. The Labute approximate surface area is 161 Å². The summed E-state index contributed by atoms with van der Waals surface area (Å²) >= 11 is 0. The van der Waals surface area contributed by atoms with Crippen molar-refractivity contribution in [1.82, 2.24) is 24.9 Å². The fourth-order valence-electron chi connectivity index (χ4n) is 3.69. The molecular formula is C20H21N7O. The molecule has 28 heavy (non-hydrogen) atoms. The van der Waals surface area contributed by atoms with Crippen LogP contribution in [-0.2, 0) is 0 Å². The number of nitrogens with one attached hydrogen (secondary N) is 3.